The lowest BCUT2D eigenvalue weighted by molar-refractivity contribution is 0.191. The van der Waals surface area contributed by atoms with Gasteiger partial charge in [0.15, 0.2) is 0 Å². The lowest BCUT2D eigenvalue weighted by atomic mass is 10.3. The number of halogens is 2. The number of sulfonamides is 2. The molecule has 7 nitrogen and oxygen atoms in total. The van der Waals surface area contributed by atoms with E-state index in [9.17, 15) is 16.8 Å². The fourth-order valence-electron chi connectivity index (χ4n) is 2.98. The van der Waals surface area contributed by atoms with Gasteiger partial charge in [0.1, 0.15) is 0 Å². The predicted octanol–water partition coefficient (Wildman–Crippen LogP) is 2.50. The molecule has 1 N–H and O–H groups in total. The zero-order chi connectivity index (χ0) is 21.1. The van der Waals surface area contributed by atoms with Gasteiger partial charge in [0.2, 0.25) is 20.0 Å². The molecule has 0 unspecified atom stereocenters. The van der Waals surface area contributed by atoms with Crippen molar-refractivity contribution in [1.82, 2.24) is 13.9 Å². The number of nitrogens with zero attached hydrogens (tertiary/aromatic N) is 2. The molecule has 29 heavy (non-hydrogen) atoms. The fourth-order valence-corrected chi connectivity index (χ4v) is 5.96. The van der Waals surface area contributed by atoms with Crippen LogP contribution in [-0.4, -0.2) is 65.3 Å². The first-order valence-corrected chi connectivity index (χ1v) is 13.4. The maximum absolute atomic E-state index is 12.7. The van der Waals surface area contributed by atoms with E-state index in [1.165, 1.54) is 16.4 Å². The second kappa shape index (κ2) is 9.54. The maximum Gasteiger partial charge on any atom is 0.243 e. The Morgan fingerprint density at radius 1 is 0.759 bits per heavy atom. The molecule has 0 bridgehead atoms. The number of benzene rings is 2. The van der Waals surface area contributed by atoms with Gasteiger partial charge < -0.3 is 0 Å². The molecule has 1 fully saturated rings. The second-order valence-corrected chi connectivity index (χ2v) is 12.1. The molecule has 0 amide bonds. The van der Waals surface area contributed by atoms with Crippen molar-refractivity contribution >= 4 is 51.9 Å². The highest BCUT2D eigenvalue weighted by atomic mass is 79.9. The van der Waals surface area contributed by atoms with Gasteiger partial charge in [0, 0.05) is 48.2 Å². The Labute approximate surface area is 188 Å². The summed E-state index contributed by atoms with van der Waals surface area (Å²) in [5, 5.41) is 0. The van der Waals surface area contributed by atoms with Crippen LogP contribution in [0, 0.1) is 0 Å². The van der Waals surface area contributed by atoms with E-state index in [1.807, 2.05) is 0 Å². The first-order valence-electron chi connectivity index (χ1n) is 8.92. The van der Waals surface area contributed by atoms with E-state index in [0.717, 1.165) is 8.95 Å². The van der Waals surface area contributed by atoms with Gasteiger partial charge in [-0.15, -0.1) is 0 Å². The summed E-state index contributed by atoms with van der Waals surface area (Å²) in [6.07, 6.45) is 0. The Hall–Kier alpha value is -0.820. The summed E-state index contributed by atoms with van der Waals surface area (Å²) in [5.74, 6) is 0. The van der Waals surface area contributed by atoms with Crippen LogP contribution in [-0.2, 0) is 20.0 Å². The molecule has 0 radical (unpaired) electrons. The monoisotopic (exact) mass is 565 g/mol. The van der Waals surface area contributed by atoms with E-state index in [4.69, 9.17) is 0 Å². The summed E-state index contributed by atoms with van der Waals surface area (Å²) in [6.45, 7) is 2.63. The van der Waals surface area contributed by atoms with Gasteiger partial charge in [-0.2, -0.15) is 4.31 Å². The largest absolute Gasteiger partial charge is 0.299 e. The minimum Gasteiger partial charge on any atom is -0.299 e. The molecule has 0 saturated carbocycles. The van der Waals surface area contributed by atoms with Gasteiger partial charge in [-0.3, -0.25) is 4.90 Å². The van der Waals surface area contributed by atoms with E-state index in [2.05, 4.69) is 41.5 Å². The van der Waals surface area contributed by atoms with E-state index in [0.29, 0.717) is 32.7 Å². The molecule has 1 saturated heterocycles. The van der Waals surface area contributed by atoms with E-state index >= 15 is 0 Å². The molecule has 158 valence electrons. The van der Waals surface area contributed by atoms with Crippen molar-refractivity contribution in [3.05, 3.63) is 57.5 Å². The lowest BCUT2D eigenvalue weighted by Gasteiger charge is -2.33. The molecule has 0 atom stereocenters. The van der Waals surface area contributed by atoms with E-state index < -0.39 is 20.0 Å². The minimum absolute atomic E-state index is 0.214. The van der Waals surface area contributed by atoms with E-state index in [-0.39, 0.29) is 16.3 Å². The van der Waals surface area contributed by atoms with Crippen LogP contribution in [0.3, 0.4) is 0 Å². The van der Waals surface area contributed by atoms with Crippen molar-refractivity contribution in [1.29, 1.82) is 0 Å². The molecule has 0 spiro atoms. The molecule has 2 aromatic rings. The van der Waals surface area contributed by atoms with Crippen LogP contribution in [0.15, 0.2) is 67.3 Å². The van der Waals surface area contributed by atoms with Crippen molar-refractivity contribution in [3.8, 4) is 0 Å². The average molecular weight is 567 g/mol. The lowest BCUT2D eigenvalue weighted by Crippen LogP contribution is -2.50. The maximum atomic E-state index is 12.7. The first kappa shape index (κ1) is 22.9. The Morgan fingerprint density at radius 2 is 1.24 bits per heavy atom. The molecule has 2 aromatic carbocycles. The molecule has 1 heterocycles. The number of piperazine rings is 1. The van der Waals surface area contributed by atoms with E-state index in [1.54, 1.807) is 36.4 Å². The van der Waals surface area contributed by atoms with Crippen molar-refractivity contribution in [2.45, 2.75) is 9.79 Å². The molecule has 11 heteroatoms. The van der Waals surface area contributed by atoms with Crippen molar-refractivity contribution in [3.63, 3.8) is 0 Å². The average Bonchev–Trinajstić information content (AvgIpc) is 2.69. The van der Waals surface area contributed by atoms with Crippen LogP contribution in [0.5, 0.6) is 0 Å². The summed E-state index contributed by atoms with van der Waals surface area (Å²) >= 11 is 6.59. The van der Waals surface area contributed by atoms with Crippen LogP contribution >= 0.6 is 31.9 Å². The molecule has 0 aliphatic carbocycles. The van der Waals surface area contributed by atoms with Crippen molar-refractivity contribution < 1.29 is 16.8 Å². The highest BCUT2D eigenvalue weighted by molar-refractivity contribution is 9.10. The minimum atomic E-state index is -3.56. The molecule has 1 aliphatic rings. The van der Waals surface area contributed by atoms with Gasteiger partial charge in [0.25, 0.3) is 0 Å². The molecule has 3 rings (SSSR count). The van der Waals surface area contributed by atoms with Crippen molar-refractivity contribution in [2.24, 2.45) is 0 Å². The summed E-state index contributed by atoms with van der Waals surface area (Å²) in [6, 6.07) is 13.0. The standard InChI is InChI=1S/C18H21Br2N3O4S2/c19-15-1-5-17(6-2-15)28(24,25)21-9-10-22-11-13-23(14-12-22)29(26,27)18-7-3-16(20)4-8-18/h1-8,21H,9-14H2. The quantitative estimate of drug-likeness (QED) is 0.556. The highest BCUT2D eigenvalue weighted by Gasteiger charge is 2.28. The Kier molecular flexibility index (Phi) is 7.52. The predicted molar refractivity (Wildman–Crippen MR) is 119 cm³/mol. The van der Waals surface area contributed by atoms with Gasteiger partial charge in [0.05, 0.1) is 9.79 Å². The summed E-state index contributed by atoms with van der Waals surface area (Å²) in [4.78, 5) is 2.54. The van der Waals surface area contributed by atoms with Crippen molar-refractivity contribution in [2.75, 3.05) is 39.3 Å². The van der Waals surface area contributed by atoms with Crippen LogP contribution < -0.4 is 4.72 Å². The summed E-state index contributed by atoms with van der Waals surface area (Å²) in [7, 11) is -7.07. The highest BCUT2D eigenvalue weighted by Crippen LogP contribution is 2.20. The third kappa shape index (κ3) is 5.87. The topological polar surface area (TPSA) is 86.8 Å². The van der Waals surface area contributed by atoms with Gasteiger partial charge >= 0.3 is 0 Å². The molecule has 0 aromatic heterocycles. The zero-order valence-electron chi connectivity index (χ0n) is 15.5. The van der Waals surface area contributed by atoms with Gasteiger partial charge in [-0.05, 0) is 48.5 Å². The molecule has 1 aliphatic heterocycles. The number of hydrogen-bond acceptors (Lipinski definition) is 5. The Balaban J connectivity index is 1.50. The van der Waals surface area contributed by atoms with Gasteiger partial charge in [-0.25, -0.2) is 21.6 Å². The number of hydrogen-bond donors (Lipinski definition) is 1. The fraction of sp³-hybridized carbons (Fsp3) is 0.333. The summed E-state index contributed by atoms with van der Waals surface area (Å²) in [5.41, 5.74) is 0. The summed E-state index contributed by atoms with van der Waals surface area (Å²) < 4.78 is 55.8. The normalized spacial score (nSPS) is 16.8. The van der Waals surface area contributed by atoms with Crippen LogP contribution in [0.2, 0.25) is 0 Å². The third-order valence-electron chi connectivity index (χ3n) is 4.63. The zero-order valence-corrected chi connectivity index (χ0v) is 20.3. The Bertz CT molecular complexity index is 1030. The first-order chi connectivity index (χ1) is 13.7. The third-order valence-corrected chi connectivity index (χ3v) is 9.07. The number of nitrogens with one attached hydrogen (secondary N) is 1. The van der Waals surface area contributed by atoms with Gasteiger partial charge in [-0.1, -0.05) is 31.9 Å². The van der Waals surface area contributed by atoms with Crippen LogP contribution in [0.4, 0.5) is 0 Å². The van der Waals surface area contributed by atoms with Crippen LogP contribution in [0.1, 0.15) is 0 Å². The second-order valence-electron chi connectivity index (χ2n) is 6.55. The SMILES string of the molecule is O=S(=O)(NCCN1CCN(S(=O)(=O)c2ccc(Br)cc2)CC1)c1ccc(Br)cc1. The molecular formula is C18H21Br2N3O4S2. The number of rotatable bonds is 7. The smallest absolute Gasteiger partial charge is 0.243 e. The van der Waals surface area contributed by atoms with Crippen LogP contribution in [0.25, 0.3) is 0 Å². The Morgan fingerprint density at radius 3 is 1.76 bits per heavy atom. The molecular weight excluding hydrogens is 546 g/mol.